The molecule has 0 aromatic heterocycles. The maximum atomic E-state index is 10.5. The van der Waals surface area contributed by atoms with Gasteiger partial charge in [-0.2, -0.15) is 0 Å². The molecule has 1 N–H and O–H groups in total. The van der Waals surface area contributed by atoms with Crippen LogP contribution in [0.4, 0.5) is 0 Å². The van der Waals surface area contributed by atoms with Gasteiger partial charge in [-0.25, -0.2) is 0 Å². The Hall–Kier alpha value is -0.380. The van der Waals surface area contributed by atoms with E-state index in [2.05, 4.69) is 22.0 Å². The minimum atomic E-state index is -0.719. The third-order valence-corrected chi connectivity index (χ3v) is 3.63. The van der Waals surface area contributed by atoms with Gasteiger partial charge >= 0.3 is 0 Å². The molecule has 2 nitrogen and oxygen atoms in total. The van der Waals surface area contributed by atoms with E-state index in [1.54, 1.807) is 0 Å². The number of benzene rings is 1. The van der Waals surface area contributed by atoms with Crippen molar-refractivity contribution in [3.8, 4) is 0 Å². The van der Waals surface area contributed by atoms with Crippen LogP contribution in [0.3, 0.4) is 0 Å². The largest absolute Gasteiger partial charge is 0.385 e. The third-order valence-electron chi connectivity index (χ3n) is 2.94. The van der Waals surface area contributed by atoms with E-state index in [1.165, 1.54) is 5.56 Å². The first-order valence-electron chi connectivity index (χ1n) is 5.19. The molecule has 15 heavy (non-hydrogen) atoms. The fourth-order valence-corrected chi connectivity index (χ4v) is 2.59. The summed E-state index contributed by atoms with van der Waals surface area (Å²) in [6.07, 6.45) is 1.35. The highest BCUT2D eigenvalue weighted by molar-refractivity contribution is 9.10. The second kappa shape index (κ2) is 4.24. The maximum Gasteiger partial charge on any atom is 0.0951 e. The van der Waals surface area contributed by atoms with E-state index in [-0.39, 0.29) is 0 Å². The first-order valence-corrected chi connectivity index (χ1v) is 5.98. The molecule has 1 aromatic carbocycles. The third kappa shape index (κ3) is 2.25. The van der Waals surface area contributed by atoms with Gasteiger partial charge in [0.2, 0.25) is 0 Å². The Bertz CT molecular complexity index is 357. The van der Waals surface area contributed by atoms with Gasteiger partial charge in [-0.05, 0) is 18.6 Å². The lowest BCUT2D eigenvalue weighted by Crippen LogP contribution is -2.33. The van der Waals surface area contributed by atoms with E-state index in [9.17, 15) is 5.11 Å². The predicted octanol–water partition coefficient (Wildman–Crippen LogP) is 2.76. The number of aryl methyl sites for hydroxylation is 1. The van der Waals surface area contributed by atoms with Crippen molar-refractivity contribution in [3.63, 3.8) is 0 Å². The van der Waals surface area contributed by atoms with Crippen molar-refractivity contribution in [3.05, 3.63) is 33.8 Å². The molecule has 3 heteroatoms. The molecule has 1 aliphatic rings. The Labute approximate surface area is 98.4 Å². The number of hydrogen-bond donors (Lipinski definition) is 1. The Kier molecular flexibility index (Phi) is 3.14. The van der Waals surface area contributed by atoms with Crippen LogP contribution in [0.5, 0.6) is 0 Å². The van der Waals surface area contributed by atoms with Gasteiger partial charge in [0.15, 0.2) is 0 Å². The van der Waals surface area contributed by atoms with Crippen LogP contribution in [0.15, 0.2) is 22.7 Å². The van der Waals surface area contributed by atoms with Crippen molar-refractivity contribution >= 4 is 15.9 Å². The lowest BCUT2D eigenvalue weighted by Gasteiger charge is -2.33. The highest BCUT2D eigenvalue weighted by Crippen LogP contribution is 2.36. The van der Waals surface area contributed by atoms with E-state index in [0.29, 0.717) is 26.1 Å². The molecule has 82 valence electrons. The molecule has 0 aliphatic carbocycles. The number of rotatable bonds is 1. The second-order valence-corrected chi connectivity index (χ2v) is 4.98. The zero-order valence-electron chi connectivity index (χ0n) is 8.79. The molecule has 0 bridgehead atoms. The summed E-state index contributed by atoms with van der Waals surface area (Å²) in [7, 11) is 0. The van der Waals surface area contributed by atoms with Crippen LogP contribution >= 0.6 is 15.9 Å². The summed E-state index contributed by atoms with van der Waals surface area (Å²) in [5, 5.41) is 10.5. The Morgan fingerprint density at radius 2 is 2.00 bits per heavy atom. The quantitative estimate of drug-likeness (QED) is 0.851. The lowest BCUT2D eigenvalue weighted by molar-refractivity contribution is -0.0683. The van der Waals surface area contributed by atoms with E-state index in [0.717, 1.165) is 10.0 Å². The molecule has 0 amide bonds. The van der Waals surface area contributed by atoms with Gasteiger partial charge in [-0.3, -0.25) is 0 Å². The second-order valence-electron chi connectivity index (χ2n) is 4.13. The van der Waals surface area contributed by atoms with Gasteiger partial charge in [0.1, 0.15) is 0 Å². The van der Waals surface area contributed by atoms with Crippen molar-refractivity contribution in [2.45, 2.75) is 25.4 Å². The molecular formula is C12H15BrO2. The summed E-state index contributed by atoms with van der Waals surface area (Å²) < 4.78 is 6.26. The van der Waals surface area contributed by atoms with Gasteiger partial charge in [0, 0.05) is 30.5 Å². The molecule has 0 unspecified atom stereocenters. The molecule has 2 rings (SSSR count). The molecule has 1 aliphatic heterocycles. The number of aliphatic hydroxyl groups is 1. The van der Waals surface area contributed by atoms with Crippen LogP contribution in [-0.2, 0) is 10.3 Å². The molecule has 1 heterocycles. The van der Waals surface area contributed by atoms with E-state index >= 15 is 0 Å². The first-order chi connectivity index (χ1) is 7.12. The average molecular weight is 271 g/mol. The summed E-state index contributed by atoms with van der Waals surface area (Å²) >= 11 is 3.50. The smallest absolute Gasteiger partial charge is 0.0951 e. The molecule has 1 aromatic rings. The minimum Gasteiger partial charge on any atom is -0.385 e. The molecule has 0 atom stereocenters. The number of ether oxygens (including phenoxy) is 1. The fraction of sp³-hybridized carbons (Fsp3) is 0.500. The van der Waals surface area contributed by atoms with Crippen LogP contribution in [0.1, 0.15) is 24.0 Å². The molecular weight excluding hydrogens is 256 g/mol. The Morgan fingerprint density at radius 3 is 2.67 bits per heavy atom. The van der Waals surface area contributed by atoms with Crippen LogP contribution in [0, 0.1) is 6.92 Å². The Balaban J connectivity index is 2.38. The topological polar surface area (TPSA) is 29.5 Å². The van der Waals surface area contributed by atoms with Crippen LogP contribution in [0.25, 0.3) is 0 Å². The van der Waals surface area contributed by atoms with Crippen molar-refractivity contribution in [2.75, 3.05) is 13.2 Å². The average Bonchev–Trinajstić information content (AvgIpc) is 2.23. The summed E-state index contributed by atoms with van der Waals surface area (Å²) in [5.41, 5.74) is 1.45. The lowest BCUT2D eigenvalue weighted by atomic mass is 9.86. The first kappa shape index (κ1) is 11.1. The van der Waals surface area contributed by atoms with E-state index in [4.69, 9.17) is 4.74 Å². The molecule has 0 saturated carbocycles. The highest BCUT2D eigenvalue weighted by Gasteiger charge is 2.33. The van der Waals surface area contributed by atoms with Gasteiger partial charge in [0.25, 0.3) is 0 Å². The summed E-state index contributed by atoms with van der Waals surface area (Å²) in [6.45, 7) is 3.31. The highest BCUT2D eigenvalue weighted by atomic mass is 79.9. The summed E-state index contributed by atoms with van der Waals surface area (Å²) in [5.74, 6) is 0. The van der Waals surface area contributed by atoms with Gasteiger partial charge in [0.05, 0.1) is 5.60 Å². The zero-order chi connectivity index (χ0) is 10.9. The fourth-order valence-electron chi connectivity index (χ4n) is 1.97. The summed E-state index contributed by atoms with van der Waals surface area (Å²) in [4.78, 5) is 0. The Morgan fingerprint density at radius 1 is 1.33 bits per heavy atom. The van der Waals surface area contributed by atoms with Gasteiger partial charge in [-0.1, -0.05) is 33.6 Å². The molecule has 0 spiro atoms. The van der Waals surface area contributed by atoms with Crippen LogP contribution < -0.4 is 0 Å². The summed E-state index contributed by atoms with van der Waals surface area (Å²) in [6, 6.07) is 6.09. The predicted molar refractivity (Wildman–Crippen MR) is 62.8 cm³/mol. The van der Waals surface area contributed by atoms with Gasteiger partial charge < -0.3 is 9.84 Å². The SMILES string of the molecule is Cc1ccc(Br)c(C2(O)CCOCC2)c1. The molecule has 1 fully saturated rings. The zero-order valence-corrected chi connectivity index (χ0v) is 10.4. The standard InChI is InChI=1S/C12H15BrO2/c1-9-2-3-11(13)10(8-9)12(14)4-6-15-7-5-12/h2-3,8,14H,4-7H2,1H3. The normalized spacial score (nSPS) is 20.2. The maximum absolute atomic E-state index is 10.5. The van der Waals surface area contributed by atoms with Crippen molar-refractivity contribution < 1.29 is 9.84 Å². The molecule has 0 radical (unpaired) electrons. The number of halogens is 1. The molecule has 1 saturated heterocycles. The monoisotopic (exact) mass is 270 g/mol. The van der Waals surface area contributed by atoms with E-state index < -0.39 is 5.60 Å². The van der Waals surface area contributed by atoms with Crippen molar-refractivity contribution in [2.24, 2.45) is 0 Å². The minimum absolute atomic E-state index is 0.636. The van der Waals surface area contributed by atoms with Crippen molar-refractivity contribution in [1.82, 2.24) is 0 Å². The van der Waals surface area contributed by atoms with Crippen molar-refractivity contribution in [1.29, 1.82) is 0 Å². The van der Waals surface area contributed by atoms with Crippen LogP contribution in [0.2, 0.25) is 0 Å². The van der Waals surface area contributed by atoms with Gasteiger partial charge in [-0.15, -0.1) is 0 Å². The van der Waals surface area contributed by atoms with E-state index in [1.807, 2.05) is 19.1 Å². The number of hydrogen-bond acceptors (Lipinski definition) is 2. The van der Waals surface area contributed by atoms with Crippen LogP contribution in [-0.4, -0.2) is 18.3 Å².